The molecule has 7 nitrogen and oxygen atoms in total. The van der Waals surface area contributed by atoms with Crippen molar-refractivity contribution >= 4 is 28.5 Å². The molecule has 1 aliphatic rings. The van der Waals surface area contributed by atoms with Crippen molar-refractivity contribution in [3.05, 3.63) is 29.6 Å². The minimum atomic E-state index is -0.574. The average Bonchev–Trinajstić information content (AvgIpc) is 2.65. The van der Waals surface area contributed by atoms with Gasteiger partial charge in [0.15, 0.2) is 0 Å². The number of hydrogen-bond donors (Lipinski definition) is 2. The summed E-state index contributed by atoms with van der Waals surface area (Å²) in [6.45, 7) is 1.75. The summed E-state index contributed by atoms with van der Waals surface area (Å²) in [5, 5.41) is 1.10. The quantitative estimate of drug-likeness (QED) is 0.503. The second kappa shape index (κ2) is 7.14. The molecule has 0 bridgehead atoms. The first-order chi connectivity index (χ1) is 12.0. The molecule has 2 aromatic rings. The van der Waals surface area contributed by atoms with E-state index >= 15 is 0 Å². The van der Waals surface area contributed by atoms with Crippen molar-refractivity contribution in [2.75, 3.05) is 5.01 Å². The van der Waals surface area contributed by atoms with E-state index in [0.717, 1.165) is 30.7 Å². The van der Waals surface area contributed by atoms with Gasteiger partial charge in [-0.05, 0) is 25.0 Å². The molecule has 1 saturated carbocycles. The van der Waals surface area contributed by atoms with E-state index in [-0.39, 0.29) is 23.9 Å². The SMILES string of the molecule is CCC(=O)N(N)c1cccc2nc(C(N)=O)c(C3CCCCC3)nc12. The Morgan fingerprint density at radius 2 is 1.92 bits per heavy atom. The number of anilines is 1. The lowest BCUT2D eigenvalue weighted by Gasteiger charge is -2.23. The number of amides is 2. The molecule has 1 aliphatic carbocycles. The van der Waals surface area contributed by atoms with Crippen molar-refractivity contribution in [2.45, 2.75) is 51.4 Å². The van der Waals surface area contributed by atoms with E-state index in [2.05, 4.69) is 4.98 Å². The van der Waals surface area contributed by atoms with E-state index in [9.17, 15) is 9.59 Å². The van der Waals surface area contributed by atoms with Crippen LogP contribution in [0.5, 0.6) is 0 Å². The first-order valence-electron chi connectivity index (χ1n) is 8.71. The number of benzene rings is 1. The number of nitrogens with two attached hydrogens (primary N) is 2. The molecule has 0 aliphatic heterocycles. The fourth-order valence-corrected chi connectivity index (χ4v) is 3.42. The molecule has 1 aromatic heterocycles. The number of aromatic nitrogens is 2. The Morgan fingerprint density at radius 1 is 1.20 bits per heavy atom. The number of carbonyl (C=O) groups is 2. The Hall–Kier alpha value is -2.54. The molecule has 7 heteroatoms. The van der Waals surface area contributed by atoms with Crippen molar-refractivity contribution in [3.8, 4) is 0 Å². The molecular formula is C18H23N5O2. The highest BCUT2D eigenvalue weighted by atomic mass is 16.2. The monoisotopic (exact) mass is 341 g/mol. The van der Waals surface area contributed by atoms with Crippen LogP contribution in [0.4, 0.5) is 5.69 Å². The first-order valence-corrected chi connectivity index (χ1v) is 8.71. The van der Waals surface area contributed by atoms with Crippen LogP contribution in [0.15, 0.2) is 18.2 Å². The van der Waals surface area contributed by atoms with E-state index in [0.29, 0.717) is 22.4 Å². The van der Waals surface area contributed by atoms with Crippen LogP contribution in [0.2, 0.25) is 0 Å². The zero-order valence-electron chi connectivity index (χ0n) is 14.4. The summed E-state index contributed by atoms with van der Waals surface area (Å²) in [6, 6.07) is 5.21. The predicted molar refractivity (Wildman–Crippen MR) is 95.8 cm³/mol. The summed E-state index contributed by atoms with van der Waals surface area (Å²) < 4.78 is 0. The molecule has 25 heavy (non-hydrogen) atoms. The van der Waals surface area contributed by atoms with Gasteiger partial charge in [-0.2, -0.15) is 0 Å². The normalized spacial score (nSPS) is 15.3. The highest BCUT2D eigenvalue weighted by Gasteiger charge is 2.25. The zero-order valence-corrected chi connectivity index (χ0v) is 14.4. The fraction of sp³-hybridized carbons (Fsp3) is 0.444. The lowest BCUT2D eigenvalue weighted by atomic mass is 9.85. The van der Waals surface area contributed by atoms with Gasteiger partial charge in [-0.15, -0.1) is 0 Å². The zero-order chi connectivity index (χ0) is 18.0. The summed E-state index contributed by atoms with van der Waals surface area (Å²) in [5.41, 5.74) is 7.92. The molecule has 0 atom stereocenters. The van der Waals surface area contributed by atoms with Gasteiger partial charge in [-0.1, -0.05) is 32.3 Å². The number of fused-ring (bicyclic) bond motifs is 1. The fourth-order valence-electron chi connectivity index (χ4n) is 3.42. The number of hydrazine groups is 1. The molecule has 1 fully saturated rings. The predicted octanol–water partition coefficient (Wildman–Crippen LogP) is 2.39. The lowest BCUT2D eigenvalue weighted by Crippen LogP contribution is -2.37. The van der Waals surface area contributed by atoms with Crippen molar-refractivity contribution in [2.24, 2.45) is 11.6 Å². The third-order valence-corrected chi connectivity index (χ3v) is 4.76. The summed E-state index contributed by atoms with van der Waals surface area (Å²) >= 11 is 0. The molecule has 0 unspecified atom stereocenters. The molecule has 4 N–H and O–H groups in total. The minimum absolute atomic E-state index is 0.161. The second-order valence-electron chi connectivity index (χ2n) is 6.42. The van der Waals surface area contributed by atoms with Crippen LogP contribution in [0.3, 0.4) is 0 Å². The Labute approximate surface area is 146 Å². The maximum Gasteiger partial charge on any atom is 0.269 e. The van der Waals surface area contributed by atoms with Crippen molar-refractivity contribution in [3.63, 3.8) is 0 Å². The van der Waals surface area contributed by atoms with Crippen LogP contribution in [0.25, 0.3) is 11.0 Å². The van der Waals surface area contributed by atoms with Crippen LogP contribution >= 0.6 is 0 Å². The van der Waals surface area contributed by atoms with Gasteiger partial charge in [-0.3, -0.25) is 9.59 Å². The molecule has 1 aromatic carbocycles. The van der Waals surface area contributed by atoms with Crippen molar-refractivity contribution < 1.29 is 9.59 Å². The summed E-state index contributed by atoms with van der Waals surface area (Å²) in [4.78, 5) is 33.1. The Kier molecular flexibility index (Phi) is 4.94. The summed E-state index contributed by atoms with van der Waals surface area (Å²) in [6.07, 6.45) is 5.60. The highest BCUT2D eigenvalue weighted by Crippen LogP contribution is 2.34. The number of hydrogen-bond acceptors (Lipinski definition) is 5. The largest absolute Gasteiger partial charge is 0.364 e. The van der Waals surface area contributed by atoms with Gasteiger partial charge in [-0.25, -0.2) is 20.8 Å². The van der Waals surface area contributed by atoms with Crippen molar-refractivity contribution in [1.29, 1.82) is 0 Å². The van der Waals surface area contributed by atoms with Crippen LogP contribution in [-0.2, 0) is 4.79 Å². The number of para-hydroxylation sites is 1. The molecule has 0 saturated heterocycles. The van der Waals surface area contributed by atoms with Crippen LogP contribution in [0.1, 0.15) is 67.5 Å². The molecule has 3 rings (SSSR count). The molecular weight excluding hydrogens is 318 g/mol. The number of rotatable bonds is 4. The Balaban J connectivity index is 2.18. The van der Waals surface area contributed by atoms with E-state index in [1.807, 2.05) is 0 Å². The molecule has 1 heterocycles. The van der Waals surface area contributed by atoms with E-state index < -0.39 is 5.91 Å². The van der Waals surface area contributed by atoms with Gasteiger partial charge in [0.2, 0.25) is 5.91 Å². The van der Waals surface area contributed by atoms with Gasteiger partial charge in [0.05, 0.1) is 16.9 Å². The van der Waals surface area contributed by atoms with Crippen LogP contribution in [-0.4, -0.2) is 21.8 Å². The standard InChI is InChI=1S/C18H23N5O2/c1-2-14(24)23(20)13-10-6-9-12-16(13)22-15(17(21-12)18(19)25)11-7-4-3-5-8-11/h6,9-11H,2-5,7-8,20H2,1H3,(H2,19,25). The Bertz CT molecular complexity index is 814. The maximum atomic E-state index is 12.0. The van der Waals surface area contributed by atoms with Gasteiger partial charge in [0, 0.05) is 12.3 Å². The van der Waals surface area contributed by atoms with E-state index in [1.54, 1.807) is 25.1 Å². The molecule has 132 valence electrons. The molecule has 2 amide bonds. The van der Waals surface area contributed by atoms with Gasteiger partial charge < -0.3 is 5.73 Å². The lowest BCUT2D eigenvalue weighted by molar-refractivity contribution is -0.118. The smallest absolute Gasteiger partial charge is 0.269 e. The number of nitrogens with zero attached hydrogens (tertiary/aromatic N) is 3. The summed E-state index contributed by atoms with van der Waals surface area (Å²) in [7, 11) is 0. The highest BCUT2D eigenvalue weighted by molar-refractivity contribution is 6.01. The average molecular weight is 341 g/mol. The molecule has 0 radical (unpaired) electrons. The molecule has 0 spiro atoms. The van der Waals surface area contributed by atoms with Crippen molar-refractivity contribution in [1.82, 2.24) is 9.97 Å². The third-order valence-electron chi connectivity index (χ3n) is 4.76. The maximum absolute atomic E-state index is 12.0. The van der Waals surface area contributed by atoms with Gasteiger partial charge in [0.1, 0.15) is 11.2 Å². The topological polar surface area (TPSA) is 115 Å². The van der Waals surface area contributed by atoms with Gasteiger partial charge in [0.25, 0.3) is 5.91 Å². The Morgan fingerprint density at radius 3 is 2.56 bits per heavy atom. The van der Waals surface area contributed by atoms with E-state index in [4.69, 9.17) is 16.6 Å². The minimum Gasteiger partial charge on any atom is -0.364 e. The van der Waals surface area contributed by atoms with Crippen LogP contribution in [0, 0.1) is 0 Å². The number of carbonyl (C=O) groups excluding carboxylic acids is 2. The van der Waals surface area contributed by atoms with Crippen LogP contribution < -0.4 is 16.6 Å². The second-order valence-corrected chi connectivity index (χ2v) is 6.42. The first kappa shape index (κ1) is 17.3. The van der Waals surface area contributed by atoms with Gasteiger partial charge >= 0.3 is 0 Å². The summed E-state index contributed by atoms with van der Waals surface area (Å²) in [5.74, 6) is 5.34. The van der Waals surface area contributed by atoms with E-state index in [1.165, 1.54) is 6.42 Å². The number of primary amides is 1. The third kappa shape index (κ3) is 3.32.